The number of piperidine rings is 1. The molecule has 33 heavy (non-hydrogen) atoms. The minimum atomic E-state index is -0.0611. The van der Waals surface area contributed by atoms with Crippen molar-refractivity contribution < 1.29 is 9.59 Å². The van der Waals surface area contributed by atoms with Gasteiger partial charge in [0.1, 0.15) is 12.7 Å². The number of rotatable bonds is 6. The fourth-order valence-corrected chi connectivity index (χ4v) is 4.13. The highest BCUT2D eigenvalue weighted by molar-refractivity contribution is 5.92. The molecule has 1 fully saturated rings. The van der Waals surface area contributed by atoms with Crippen molar-refractivity contribution in [3.63, 3.8) is 0 Å². The van der Waals surface area contributed by atoms with Crippen molar-refractivity contribution in [2.24, 2.45) is 5.92 Å². The van der Waals surface area contributed by atoms with E-state index in [-0.39, 0.29) is 23.8 Å². The molecule has 4 rings (SSSR count). The lowest BCUT2D eigenvalue weighted by Gasteiger charge is -2.34. The second kappa shape index (κ2) is 10.3. The Morgan fingerprint density at radius 3 is 2.39 bits per heavy atom. The lowest BCUT2D eigenvalue weighted by molar-refractivity contribution is -0.139. The van der Waals surface area contributed by atoms with E-state index in [4.69, 9.17) is 0 Å². The van der Waals surface area contributed by atoms with Crippen LogP contribution in [0.4, 0.5) is 0 Å². The van der Waals surface area contributed by atoms with Gasteiger partial charge in [-0.3, -0.25) is 9.59 Å². The third-order valence-corrected chi connectivity index (χ3v) is 6.36. The molecular formula is C26H29N5O2. The van der Waals surface area contributed by atoms with Crippen LogP contribution in [0.2, 0.25) is 0 Å². The lowest BCUT2D eigenvalue weighted by Crippen LogP contribution is -2.43. The molecule has 0 aliphatic carbocycles. The summed E-state index contributed by atoms with van der Waals surface area (Å²) in [6.07, 6.45) is 7.99. The molecule has 0 N–H and O–H groups in total. The zero-order valence-corrected chi connectivity index (χ0v) is 19.0. The van der Waals surface area contributed by atoms with E-state index in [1.54, 1.807) is 17.1 Å². The van der Waals surface area contributed by atoms with Gasteiger partial charge < -0.3 is 9.80 Å². The number of likely N-dealkylation sites (tertiary alicyclic amines) is 1. The van der Waals surface area contributed by atoms with Gasteiger partial charge in [0.15, 0.2) is 0 Å². The summed E-state index contributed by atoms with van der Waals surface area (Å²) < 4.78 is 1.70. The van der Waals surface area contributed by atoms with E-state index in [1.165, 1.54) is 6.33 Å². The highest BCUT2D eigenvalue weighted by Gasteiger charge is 2.30. The largest absolute Gasteiger partial charge is 0.339 e. The normalized spacial score (nSPS) is 15.5. The van der Waals surface area contributed by atoms with Gasteiger partial charge in [0, 0.05) is 32.1 Å². The molecule has 0 bridgehead atoms. The van der Waals surface area contributed by atoms with Crippen molar-refractivity contribution in [1.29, 1.82) is 0 Å². The summed E-state index contributed by atoms with van der Waals surface area (Å²) in [6.45, 7) is 3.24. The van der Waals surface area contributed by atoms with E-state index < -0.39 is 0 Å². The van der Waals surface area contributed by atoms with Crippen LogP contribution in [0, 0.1) is 5.92 Å². The quantitative estimate of drug-likeness (QED) is 0.544. The topological polar surface area (TPSA) is 71.3 Å². The Morgan fingerprint density at radius 2 is 1.76 bits per heavy atom. The number of nitrogens with zero attached hydrogens (tertiary/aromatic N) is 5. The third-order valence-electron chi connectivity index (χ3n) is 6.36. The summed E-state index contributed by atoms with van der Waals surface area (Å²) >= 11 is 0. The molecule has 1 atom stereocenters. The monoisotopic (exact) mass is 443 g/mol. The zero-order chi connectivity index (χ0) is 23.2. The van der Waals surface area contributed by atoms with Crippen LogP contribution in [0.25, 0.3) is 11.8 Å². The minimum absolute atomic E-state index is 0.000976. The first-order valence-electron chi connectivity index (χ1n) is 11.3. The Hall–Kier alpha value is -3.74. The van der Waals surface area contributed by atoms with Crippen molar-refractivity contribution in [2.45, 2.75) is 25.8 Å². The third kappa shape index (κ3) is 5.37. The Labute approximate surface area is 194 Å². The Morgan fingerprint density at radius 1 is 1.06 bits per heavy atom. The van der Waals surface area contributed by atoms with Crippen molar-refractivity contribution in [3.05, 3.63) is 84.5 Å². The van der Waals surface area contributed by atoms with Gasteiger partial charge in [-0.15, -0.1) is 0 Å². The van der Waals surface area contributed by atoms with Crippen molar-refractivity contribution in [2.75, 3.05) is 20.1 Å². The number of aromatic nitrogens is 3. The van der Waals surface area contributed by atoms with Gasteiger partial charge in [-0.2, -0.15) is 5.10 Å². The minimum Gasteiger partial charge on any atom is -0.339 e. The van der Waals surface area contributed by atoms with E-state index in [0.29, 0.717) is 25.9 Å². The molecule has 2 aromatic carbocycles. The van der Waals surface area contributed by atoms with E-state index in [1.807, 2.05) is 84.4 Å². The number of carbonyl (C=O) groups is 2. The molecule has 0 saturated carbocycles. The molecule has 7 heteroatoms. The van der Waals surface area contributed by atoms with Crippen LogP contribution < -0.4 is 0 Å². The maximum Gasteiger partial charge on any atom is 0.246 e. The molecular weight excluding hydrogens is 414 g/mol. The molecule has 7 nitrogen and oxygen atoms in total. The van der Waals surface area contributed by atoms with Crippen LogP contribution >= 0.6 is 0 Å². The maximum absolute atomic E-state index is 13.1. The average Bonchev–Trinajstić information content (AvgIpc) is 3.42. The number of benzene rings is 2. The first-order valence-corrected chi connectivity index (χ1v) is 11.3. The van der Waals surface area contributed by atoms with Gasteiger partial charge in [-0.25, -0.2) is 9.67 Å². The van der Waals surface area contributed by atoms with E-state index in [2.05, 4.69) is 10.1 Å². The molecule has 3 aromatic rings. The van der Waals surface area contributed by atoms with Gasteiger partial charge in [-0.05, 0) is 49.1 Å². The lowest BCUT2D eigenvalue weighted by atomic mass is 9.94. The number of hydrogen-bond donors (Lipinski definition) is 0. The predicted molar refractivity (Wildman–Crippen MR) is 127 cm³/mol. The first kappa shape index (κ1) is 22.5. The van der Waals surface area contributed by atoms with E-state index in [9.17, 15) is 9.59 Å². The highest BCUT2D eigenvalue weighted by Crippen LogP contribution is 2.26. The standard InChI is InChI=1S/C26H29N5O2/c1-20(22-9-11-24(12-10-22)31-19-27-18-28-31)29(2)26(33)23-14-16-30(17-15-23)25(32)13-8-21-6-4-3-5-7-21/h3-13,18-20,23H,14-17H2,1-2H3/b13-8+. The summed E-state index contributed by atoms with van der Waals surface area (Å²) in [4.78, 5) is 33.3. The first-order chi connectivity index (χ1) is 16.0. The molecule has 0 radical (unpaired) electrons. The van der Waals surface area contributed by atoms with E-state index in [0.717, 1.165) is 16.8 Å². The molecule has 0 spiro atoms. The summed E-state index contributed by atoms with van der Waals surface area (Å²) in [7, 11) is 1.86. The number of hydrogen-bond acceptors (Lipinski definition) is 4. The smallest absolute Gasteiger partial charge is 0.246 e. The summed E-state index contributed by atoms with van der Waals surface area (Å²) in [5.74, 6) is 0.0720. The van der Waals surface area contributed by atoms with Crippen LogP contribution in [-0.2, 0) is 9.59 Å². The van der Waals surface area contributed by atoms with Gasteiger partial charge >= 0.3 is 0 Å². The second-order valence-electron chi connectivity index (χ2n) is 8.40. The van der Waals surface area contributed by atoms with Gasteiger partial charge in [0.05, 0.1) is 11.7 Å². The second-order valence-corrected chi connectivity index (χ2v) is 8.40. The Balaban J connectivity index is 1.30. The molecule has 170 valence electrons. The fourth-order valence-electron chi connectivity index (χ4n) is 4.13. The van der Waals surface area contributed by atoms with Gasteiger partial charge in [0.25, 0.3) is 0 Å². The van der Waals surface area contributed by atoms with E-state index >= 15 is 0 Å². The van der Waals surface area contributed by atoms with Crippen molar-refractivity contribution in [1.82, 2.24) is 24.6 Å². The number of carbonyl (C=O) groups excluding carboxylic acids is 2. The van der Waals surface area contributed by atoms with Gasteiger partial charge in [0.2, 0.25) is 11.8 Å². The maximum atomic E-state index is 13.1. The van der Waals surface area contributed by atoms with Crippen LogP contribution in [0.3, 0.4) is 0 Å². The predicted octanol–water partition coefficient (Wildman–Crippen LogP) is 3.74. The van der Waals surface area contributed by atoms with Crippen LogP contribution in [-0.4, -0.2) is 56.5 Å². The summed E-state index contributed by atoms with van der Waals surface area (Å²) in [5, 5.41) is 4.14. The molecule has 2 amide bonds. The van der Waals surface area contributed by atoms with Crippen LogP contribution in [0.1, 0.15) is 36.9 Å². The molecule has 1 saturated heterocycles. The van der Waals surface area contributed by atoms with Crippen LogP contribution in [0.5, 0.6) is 0 Å². The summed E-state index contributed by atoms with van der Waals surface area (Å²) in [5.41, 5.74) is 2.99. The highest BCUT2D eigenvalue weighted by atomic mass is 16.2. The summed E-state index contributed by atoms with van der Waals surface area (Å²) in [6, 6.07) is 17.7. The molecule has 1 aliphatic rings. The number of amides is 2. The van der Waals surface area contributed by atoms with Crippen LogP contribution in [0.15, 0.2) is 73.3 Å². The van der Waals surface area contributed by atoms with Crippen molar-refractivity contribution >= 4 is 17.9 Å². The fraction of sp³-hybridized carbons (Fsp3) is 0.308. The SMILES string of the molecule is CC(c1ccc(-n2cncn2)cc1)N(C)C(=O)C1CCN(C(=O)/C=C/c2ccccc2)CC1. The van der Waals surface area contributed by atoms with Gasteiger partial charge in [-0.1, -0.05) is 42.5 Å². The Kier molecular flexibility index (Phi) is 6.98. The molecule has 1 aliphatic heterocycles. The molecule has 1 aromatic heterocycles. The molecule has 1 unspecified atom stereocenters. The molecule has 2 heterocycles. The zero-order valence-electron chi connectivity index (χ0n) is 19.0. The average molecular weight is 444 g/mol. The Bertz CT molecular complexity index is 1090. The van der Waals surface area contributed by atoms with Crippen molar-refractivity contribution in [3.8, 4) is 5.69 Å².